The van der Waals surface area contributed by atoms with Gasteiger partial charge in [0.05, 0.1) is 5.75 Å². The summed E-state index contributed by atoms with van der Waals surface area (Å²) in [6.07, 6.45) is 1.17. The molecule has 78 valence electrons. The third kappa shape index (κ3) is 4.23. The van der Waals surface area contributed by atoms with Gasteiger partial charge in [0.2, 0.25) is 0 Å². The van der Waals surface area contributed by atoms with Gasteiger partial charge in [-0.15, -0.1) is 0 Å². The Kier molecular flexibility index (Phi) is 3.46. The van der Waals surface area contributed by atoms with Gasteiger partial charge in [-0.2, -0.15) is 0 Å². The van der Waals surface area contributed by atoms with Gasteiger partial charge in [0.1, 0.15) is 15.7 Å². The summed E-state index contributed by atoms with van der Waals surface area (Å²) >= 11 is 0. The van der Waals surface area contributed by atoms with Crippen LogP contribution in [-0.2, 0) is 9.84 Å². The van der Waals surface area contributed by atoms with E-state index in [1.165, 1.54) is 18.4 Å². The molecule has 0 radical (unpaired) electrons. The maximum Gasteiger partial charge on any atom is 0.149 e. The Labute approximate surface area is 82.9 Å². The molecule has 0 saturated heterocycles. The average Bonchev–Trinajstić information content (AvgIpc) is 2.01. The zero-order valence-electron chi connectivity index (χ0n) is 7.83. The van der Waals surface area contributed by atoms with Crippen LogP contribution in [0.5, 0.6) is 0 Å². The van der Waals surface area contributed by atoms with Gasteiger partial charge in [-0.05, 0) is 18.2 Å². The maximum atomic E-state index is 12.7. The van der Waals surface area contributed by atoms with Crippen molar-refractivity contribution >= 4 is 15.5 Å². The van der Waals surface area contributed by atoms with Crippen LogP contribution in [0.1, 0.15) is 0 Å². The highest BCUT2D eigenvalue weighted by Gasteiger charge is 2.01. The van der Waals surface area contributed by atoms with Crippen molar-refractivity contribution in [3.63, 3.8) is 0 Å². The quantitative estimate of drug-likeness (QED) is 0.826. The Bertz CT molecular complexity index is 403. The molecule has 1 aromatic rings. The zero-order chi connectivity index (χ0) is 10.6. The molecule has 0 saturated carbocycles. The monoisotopic (exact) mass is 217 g/mol. The van der Waals surface area contributed by atoms with E-state index < -0.39 is 9.84 Å². The number of hydrogen-bond acceptors (Lipinski definition) is 3. The minimum atomic E-state index is -2.96. The van der Waals surface area contributed by atoms with E-state index in [-0.39, 0.29) is 11.6 Å². The second-order valence-electron chi connectivity index (χ2n) is 3.07. The van der Waals surface area contributed by atoms with Gasteiger partial charge in [-0.1, -0.05) is 6.07 Å². The van der Waals surface area contributed by atoms with Crippen LogP contribution in [0.4, 0.5) is 10.1 Å². The van der Waals surface area contributed by atoms with E-state index >= 15 is 0 Å². The Balaban J connectivity index is 2.47. The predicted molar refractivity (Wildman–Crippen MR) is 54.6 cm³/mol. The van der Waals surface area contributed by atoms with Crippen molar-refractivity contribution in [2.45, 2.75) is 0 Å². The lowest BCUT2D eigenvalue weighted by Crippen LogP contribution is -2.14. The standard InChI is InChI=1S/C9H12FNO2S/c1-14(12,13)6-5-11-9-4-2-3-8(10)7-9/h2-4,7,11H,5-6H2,1H3. The molecule has 0 aromatic heterocycles. The molecule has 0 atom stereocenters. The number of anilines is 1. The highest BCUT2D eigenvalue weighted by molar-refractivity contribution is 7.90. The lowest BCUT2D eigenvalue weighted by molar-refractivity contribution is 0.602. The molecule has 0 aliphatic rings. The third-order valence-corrected chi connectivity index (χ3v) is 2.57. The highest BCUT2D eigenvalue weighted by atomic mass is 32.2. The minimum Gasteiger partial charge on any atom is -0.384 e. The van der Waals surface area contributed by atoms with E-state index in [0.29, 0.717) is 12.2 Å². The molecule has 0 fully saturated rings. The lowest BCUT2D eigenvalue weighted by atomic mass is 10.3. The normalized spacial score (nSPS) is 11.3. The molecular formula is C9H12FNO2S. The first-order valence-corrected chi connectivity index (χ1v) is 6.20. The fourth-order valence-corrected chi connectivity index (χ4v) is 1.45. The van der Waals surface area contributed by atoms with Crippen molar-refractivity contribution in [2.24, 2.45) is 0 Å². The van der Waals surface area contributed by atoms with E-state index in [2.05, 4.69) is 5.32 Å². The van der Waals surface area contributed by atoms with Crippen LogP contribution in [0.2, 0.25) is 0 Å². The Hall–Kier alpha value is -1.10. The number of nitrogens with one attached hydrogen (secondary N) is 1. The van der Waals surface area contributed by atoms with Crippen molar-refractivity contribution < 1.29 is 12.8 Å². The zero-order valence-corrected chi connectivity index (χ0v) is 8.64. The smallest absolute Gasteiger partial charge is 0.149 e. The second kappa shape index (κ2) is 4.41. The first kappa shape index (κ1) is 11.0. The molecule has 5 heteroatoms. The number of hydrogen-bond donors (Lipinski definition) is 1. The van der Waals surface area contributed by atoms with Crippen molar-refractivity contribution in [2.75, 3.05) is 23.9 Å². The summed E-state index contributed by atoms with van der Waals surface area (Å²) in [5.41, 5.74) is 0.591. The molecule has 3 nitrogen and oxygen atoms in total. The summed E-state index contributed by atoms with van der Waals surface area (Å²) in [6.45, 7) is 0.294. The Morgan fingerprint density at radius 1 is 1.43 bits per heavy atom. The molecule has 1 aromatic carbocycles. The van der Waals surface area contributed by atoms with E-state index in [1.54, 1.807) is 12.1 Å². The molecule has 1 N–H and O–H groups in total. The number of benzene rings is 1. The molecule has 0 bridgehead atoms. The fourth-order valence-electron chi connectivity index (χ4n) is 0.979. The fraction of sp³-hybridized carbons (Fsp3) is 0.333. The molecule has 0 spiro atoms. The van der Waals surface area contributed by atoms with Gasteiger partial charge >= 0.3 is 0 Å². The Morgan fingerprint density at radius 2 is 2.14 bits per heavy atom. The van der Waals surface area contributed by atoms with Crippen molar-refractivity contribution in [3.8, 4) is 0 Å². The van der Waals surface area contributed by atoms with E-state index in [4.69, 9.17) is 0 Å². The van der Waals surface area contributed by atoms with Crippen LogP contribution in [-0.4, -0.2) is 27.0 Å². The number of halogens is 1. The summed E-state index contributed by atoms with van der Waals surface area (Å²) in [5, 5.41) is 2.82. The second-order valence-corrected chi connectivity index (χ2v) is 5.33. The minimum absolute atomic E-state index is 0.0452. The summed E-state index contributed by atoms with van der Waals surface area (Å²) in [4.78, 5) is 0. The van der Waals surface area contributed by atoms with Crippen molar-refractivity contribution in [1.82, 2.24) is 0 Å². The molecular weight excluding hydrogens is 205 g/mol. The van der Waals surface area contributed by atoms with E-state index in [9.17, 15) is 12.8 Å². The first-order valence-electron chi connectivity index (χ1n) is 4.14. The summed E-state index contributed by atoms with van der Waals surface area (Å²) in [5.74, 6) is -0.293. The van der Waals surface area contributed by atoms with Crippen molar-refractivity contribution in [3.05, 3.63) is 30.1 Å². The topological polar surface area (TPSA) is 46.2 Å². The van der Waals surface area contributed by atoms with Gasteiger partial charge in [0.25, 0.3) is 0 Å². The van der Waals surface area contributed by atoms with Crippen LogP contribution in [0.25, 0.3) is 0 Å². The largest absolute Gasteiger partial charge is 0.384 e. The van der Waals surface area contributed by atoms with Gasteiger partial charge in [-0.3, -0.25) is 0 Å². The van der Waals surface area contributed by atoms with Crippen molar-refractivity contribution in [1.29, 1.82) is 0 Å². The first-order chi connectivity index (χ1) is 6.47. The highest BCUT2D eigenvalue weighted by Crippen LogP contribution is 2.08. The number of rotatable bonds is 4. The molecule has 0 amide bonds. The van der Waals surface area contributed by atoms with Crippen LogP contribution >= 0.6 is 0 Å². The molecule has 1 rings (SSSR count). The van der Waals surface area contributed by atoms with Crippen LogP contribution in [0, 0.1) is 5.82 Å². The van der Waals surface area contributed by atoms with Gasteiger partial charge < -0.3 is 5.32 Å². The number of sulfone groups is 1. The lowest BCUT2D eigenvalue weighted by Gasteiger charge is -2.04. The SMILES string of the molecule is CS(=O)(=O)CCNc1cccc(F)c1. The van der Waals surface area contributed by atoms with E-state index in [1.807, 2.05) is 0 Å². The van der Waals surface area contributed by atoms with Gasteiger partial charge in [-0.25, -0.2) is 12.8 Å². The molecule has 0 heterocycles. The molecule has 14 heavy (non-hydrogen) atoms. The van der Waals surface area contributed by atoms with E-state index in [0.717, 1.165) is 0 Å². The Morgan fingerprint density at radius 3 is 2.71 bits per heavy atom. The average molecular weight is 217 g/mol. The molecule has 0 aliphatic heterocycles. The van der Waals surface area contributed by atoms with Crippen LogP contribution in [0.15, 0.2) is 24.3 Å². The summed E-state index contributed by atoms with van der Waals surface area (Å²) in [7, 11) is -2.96. The van der Waals surface area contributed by atoms with Gasteiger partial charge in [0, 0.05) is 18.5 Å². The molecule has 0 aliphatic carbocycles. The van der Waals surface area contributed by atoms with Gasteiger partial charge in [0.15, 0.2) is 0 Å². The summed E-state index contributed by atoms with van der Waals surface area (Å²) < 4.78 is 34.2. The third-order valence-electron chi connectivity index (χ3n) is 1.63. The summed E-state index contributed by atoms with van der Waals surface area (Å²) in [6, 6.07) is 5.91. The molecule has 0 unspecified atom stereocenters. The van der Waals surface area contributed by atoms with Crippen LogP contribution in [0.3, 0.4) is 0 Å². The van der Waals surface area contributed by atoms with Crippen LogP contribution < -0.4 is 5.32 Å². The maximum absolute atomic E-state index is 12.7. The predicted octanol–water partition coefficient (Wildman–Crippen LogP) is 1.28.